The number of rotatable bonds is 13. The molecule has 2 aromatic carbocycles. The lowest BCUT2D eigenvalue weighted by molar-refractivity contribution is 0.0302. The Labute approximate surface area is 203 Å². The summed E-state index contributed by atoms with van der Waals surface area (Å²) in [6.07, 6.45) is 2.85. The fourth-order valence-corrected chi connectivity index (χ4v) is 3.82. The molecule has 0 aliphatic carbocycles. The number of aliphatic hydroxyl groups is 1. The molecule has 0 saturated heterocycles. The van der Waals surface area contributed by atoms with E-state index in [1.54, 1.807) is 24.3 Å². The van der Waals surface area contributed by atoms with E-state index in [1.165, 1.54) is 0 Å². The predicted octanol–water partition coefficient (Wildman–Crippen LogP) is 5.53. The monoisotopic (exact) mass is 464 g/mol. The molecule has 0 saturated carbocycles. The van der Waals surface area contributed by atoms with E-state index < -0.39 is 12.2 Å². The summed E-state index contributed by atoms with van der Waals surface area (Å²) in [5.41, 5.74) is -0.461. The molecular formula is C28H36N2O4. The Bertz CT molecular complexity index is 973. The van der Waals surface area contributed by atoms with E-state index in [1.807, 2.05) is 31.2 Å². The highest BCUT2D eigenvalue weighted by molar-refractivity contribution is 5.42. The van der Waals surface area contributed by atoms with Gasteiger partial charge in [0.25, 0.3) is 5.60 Å². The van der Waals surface area contributed by atoms with Crippen molar-refractivity contribution in [2.24, 2.45) is 0 Å². The SMILES string of the molecule is CCCC(C)(CCOCC)Oc1ccc(C(C)(C)c2ccc(OCC(O)(C#N)C#N)cc2)cc1. The van der Waals surface area contributed by atoms with Crippen LogP contribution in [-0.2, 0) is 10.2 Å². The Balaban J connectivity index is 2.10. The van der Waals surface area contributed by atoms with Crippen LogP contribution < -0.4 is 9.47 Å². The second-order valence-corrected chi connectivity index (χ2v) is 9.30. The van der Waals surface area contributed by atoms with Crippen molar-refractivity contribution in [2.75, 3.05) is 19.8 Å². The van der Waals surface area contributed by atoms with Gasteiger partial charge in [0.15, 0.2) is 0 Å². The Morgan fingerprint density at radius 3 is 1.82 bits per heavy atom. The molecule has 2 aromatic rings. The smallest absolute Gasteiger partial charge is 0.272 e. The maximum atomic E-state index is 9.74. The van der Waals surface area contributed by atoms with Gasteiger partial charge in [-0.1, -0.05) is 51.5 Å². The van der Waals surface area contributed by atoms with E-state index in [0.717, 1.165) is 36.1 Å². The van der Waals surface area contributed by atoms with Crippen molar-refractivity contribution in [2.45, 2.75) is 70.5 Å². The summed E-state index contributed by atoms with van der Waals surface area (Å²) in [7, 11) is 0. The Morgan fingerprint density at radius 2 is 1.35 bits per heavy atom. The summed E-state index contributed by atoms with van der Waals surface area (Å²) in [5, 5.41) is 27.5. The van der Waals surface area contributed by atoms with Gasteiger partial charge in [-0.15, -0.1) is 0 Å². The molecule has 6 heteroatoms. The largest absolute Gasteiger partial charge is 0.488 e. The molecule has 182 valence electrons. The van der Waals surface area contributed by atoms with Crippen LogP contribution in [0.4, 0.5) is 0 Å². The van der Waals surface area contributed by atoms with Crippen LogP contribution in [0.1, 0.15) is 65.0 Å². The zero-order chi connectivity index (χ0) is 25.2. The minimum absolute atomic E-state index is 0.264. The third-order valence-corrected chi connectivity index (χ3v) is 6.09. The average Bonchev–Trinajstić information content (AvgIpc) is 2.83. The summed E-state index contributed by atoms with van der Waals surface area (Å²) in [4.78, 5) is 0. The van der Waals surface area contributed by atoms with Crippen LogP contribution in [0, 0.1) is 22.7 Å². The number of hydrogen-bond donors (Lipinski definition) is 1. The minimum atomic E-state index is -2.15. The second-order valence-electron chi connectivity index (χ2n) is 9.30. The molecule has 0 aromatic heterocycles. The second kappa shape index (κ2) is 11.9. The van der Waals surface area contributed by atoms with Crippen molar-refractivity contribution >= 4 is 0 Å². The number of nitriles is 2. The highest BCUT2D eigenvalue weighted by atomic mass is 16.5. The van der Waals surface area contributed by atoms with E-state index in [0.29, 0.717) is 19.0 Å². The molecule has 0 fully saturated rings. The molecule has 0 bridgehead atoms. The molecule has 1 unspecified atom stereocenters. The van der Waals surface area contributed by atoms with E-state index in [2.05, 4.69) is 39.8 Å². The highest BCUT2D eigenvalue weighted by Crippen LogP contribution is 2.34. The Kier molecular flexibility index (Phi) is 9.50. The highest BCUT2D eigenvalue weighted by Gasteiger charge is 2.28. The van der Waals surface area contributed by atoms with Crippen LogP contribution in [0.3, 0.4) is 0 Å². The summed E-state index contributed by atoms with van der Waals surface area (Å²) in [6, 6.07) is 18.8. The van der Waals surface area contributed by atoms with Crippen LogP contribution in [0.5, 0.6) is 11.5 Å². The maximum Gasteiger partial charge on any atom is 0.272 e. The first-order valence-corrected chi connectivity index (χ1v) is 11.8. The Morgan fingerprint density at radius 1 is 0.824 bits per heavy atom. The van der Waals surface area contributed by atoms with Crippen LogP contribution >= 0.6 is 0 Å². The fraction of sp³-hybridized carbons (Fsp3) is 0.500. The lowest BCUT2D eigenvalue weighted by atomic mass is 9.78. The first kappa shape index (κ1) is 27.2. The summed E-state index contributed by atoms with van der Waals surface area (Å²) in [5.74, 6) is 1.33. The van der Waals surface area contributed by atoms with Crippen molar-refractivity contribution in [3.8, 4) is 23.6 Å². The lowest BCUT2D eigenvalue weighted by Crippen LogP contribution is -2.33. The molecule has 0 aliphatic rings. The van der Waals surface area contributed by atoms with E-state index in [-0.39, 0.29) is 11.0 Å². The summed E-state index contributed by atoms with van der Waals surface area (Å²) >= 11 is 0. The third kappa shape index (κ3) is 7.22. The summed E-state index contributed by atoms with van der Waals surface area (Å²) < 4.78 is 17.4. The zero-order valence-electron chi connectivity index (χ0n) is 20.9. The van der Waals surface area contributed by atoms with Crippen molar-refractivity contribution in [3.05, 3.63) is 59.7 Å². The molecule has 0 amide bonds. The van der Waals surface area contributed by atoms with Gasteiger partial charge in [-0.3, -0.25) is 0 Å². The molecule has 0 spiro atoms. The molecule has 1 N–H and O–H groups in total. The molecular weight excluding hydrogens is 428 g/mol. The molecule has 34 heavy (non-hydrogen) atoms. The molecule has 0 aliphatic heterocycles. The van der Waals surface area contributed by atoms with E-state index in [4.69, 9.17) is 24.7 Å². The van der Waals surface area contributed by atoms with Crippen LogP contribution in [0.2, 0.25) is 0 Å². The zero-order valence-corrected chi connectivity index (χ0v) is 20.9. The standard InChI is InChI=1S/C28H36N2O4/c1-6-16-27(5,17-18-32-7-2)34-25-14-10-23(11-15-25)26(3,4)22-8-12-24(13-9-22)33-21-28(31,19-29)20-30/h8-15,31H,6-7,16-18,21H2,1-5H3. The van der Waals surface area contributed by atoms with Gasteiger partial charge in [-0.05, 0) is 55.7 Å². The molecule has 0 radical (unpaired) electrons. The van der Waals surface area contributed by atoms with Gasteiger partial charge in [-0.25, -0.2) is 0 Å². The van der Waals surface area contributed by atoms with Crippen LogP contribution in [0.15, 0.2) is 48.5 Å². The number of hydrogen-bond acceptors (Lipinski definition) is 6. The van der Waals surface area contributed by atoms with Gasteiger partial charge in [0.2, 0.25) is 0 Å². The number of nitrogens with zero attached hydrogens (tertiary/aromatic N) is 2. The summed E-state index contributed by atoms with van der Waals surface area (Å²) in [6.45, 7) is 11.6. The predicted molar refractivity (Wildman–Crippen MR) is 132 cm³/mol. The average molecular weight is 465 g/mol. The minimum Gasteiger partial charge on any atom is -0.488 e. The Hall–Kier alpha value is -3.06. The number of benzene rings is 2. The third-order valence-electron chi connectivity index (χ3n) is 6.09. The molecule has 6 nitrogen and oxygen atoms in total. The lowest BCUT2D eigenvalue weighted by Gasteiger charge is -2.31. The van der Waals surface area contributed by atoms with Gasteiger partial charge < -0.3 is 19.3 Å². The first-order chi connectivity index (χ1) is 16.1. The van der Waals surface area contributed by atoms with E-state index >= 15 is 0 Å². The van der Waals surface area contributed by atoms with Gasteiger partial charge in [-0.2, -0.15) is 10.5 Å². The normalized spacial score (nSPS) is 13.4. The fourth-order valence-electron chi connectivity index (χ4n) is 3.82. The van der Waals surface area contributed by atoms with Crippen molar-refractivity contribution in [3.63, 3.8) is 0 Å². The van der Waals surface area contributed by atoms with Crippen molar-refractivity contribution in [1.29, 1.82) is 10.5 Å². The van der Waals surface area contributed by atoms with Gasteiger partial charge in [0.1, 0.15) is 35.8 Å². The van der Waals surface area contributed by atoms with Gasteiger partial charge >= 0.3 is 0 Å². The maximum absolute atomic E-state index is 9.74. The van der Waals surface area contributed by atoms with Crippen LogP contribution in [0.25, 0.3) is 0 Å². The van der Waals surface area contributed by atoms with Gasteiger partial charge in [0.05, 0.1) is 6.61 Å². The topological polar surface area (TPSA) is 95.5 Å². The van der Waals surface area contributed by atoms with Crippen molar-refractivity contribution in [1.82, 2.24) is 0 Å². The molecule has 0 heterocycles. The molecule has 1 atom stereocenters. The number of ether oxygens (including phenoxy) is 3. The van der Waals surface area contributed by atoms with Gasteiger partial charge in [0, 0.05) is 18.4 Å². The molecule has 2 rings (SSSR count). The van der Waals surface area contributed by atoms with Crippen LogP contribution in [-0.4, -0.2) is 36.1 Å². The van der Waals surface area contributed by atoms with Crippen molar-refractivity contribution < 1.29 is 19.3 Å². The van der Waals surface area contributed by atoms with E-state index in [9.17, 15) is 5.11 Å². The first-order valence-electron chi connectivity index (χ1n) is 11.8. The quantitative estimate of drug-likeness (QED) is 0.309.